The molecule has 0 aliphatic rings. The first-order valence-corrected chi connectivity index (χ1v) is 15.0. The van der Waals surface area contributed by atoms with Crippen LogP contribution in [-0.4, -0.2) is 23.2 Å². The second-order valence-electron chi connectivity index (χ2n) is 9.14. The maximum absolute atomic E-state index is 13.6. The van der Waals surface area contributed by atoms with E-state index in [0.29, 0.717) is 27.1 Å². The standard InChI is InChI=1S/C29H27ClN4O2S2/c1-19-9-4-5-11-23(19)18-37-29-32-31-28(34(29)26-17-24(30)16-15-20(26)2)21(3)33-38(35,36)27-14-8-12-22-10-6-7-13-25(22)27/h4-17,21,33H,18H2,1-3H3. The maximum Gasteiger partial charge on any atom is 0.241 e. The van der Waals surface area contributed by atoms with Gasteiger partial charge in [-0.3, -0.25) is 4.57 Å². The van der Waals surface area contributed by atoms with Crippen molar-refractivity contribution in [2.24, 2.45) is 0 Å². The van der Waals surface area contributed by atoms with E-state index < -0.39 is 16.1 Å². The van der Waals surface area contributed by atoms with Crippen LogP contribution in [0.3, 0.4) is 0 Å². The molecule has 5 rings (SSSR count). The summed E-state index contributed by atoms with van der Waals surface area (Å²) in [6, 6.07) is 25.9. The molecule has 0 aliphatic heterocycles. The summed E-state index contributed by atoms with van der Waals surface area (Å²) in [5.41, 5.74) is 4.17. The van der Waals surface area contributed by atoms with Crippen molar-refractivity contribution < 1.29 is 8.42 Å². The fraction of sp³-hybridized carbons (Fsp3) is 0.172. The molecule has 38 heavy (non-hydrogen) atoms. The van der Waals surface area contributed by atoms with Crippen LogP contribution in [0.15, 0.2) is 95.0 Å². The van der Waals surface area contributed by atoms with Crippen LogP contribution in [0.25, 0.3) is 16.5 Å². The summed E-state index contributed by atoms with van der Waals surface area (Å²) in [7, 11) is -3.87. The molecule has 0 saturated heterocycles. The lowest BCUT2D eigenvalue weighted by atomic mass is 10.1. The number of halogens is 1. The molecule has 0 aliphatic carbocycles. The first kappa shape index (κ1) is 26.4. The van der Waals surface area contributed by atoms with E-state index in [1.165, 1.54) is 11.1 Å². The highest BCUT2D eigenvalue weighted by atomic mass is 35.5. The van der Waals surface area contributed by atoms with Crippen molar-refractivity contribution in [2.45, 2.75) is 42.6 Å². The highest BCUT2D eigenvalue weighted by molar-refractivity contribution is 7.98. The number of aryl methyl sites for hydroxylation is 2. The topological polar surface area (TPSA) is 76.9 Å². The van der Waals surface area contributed by atoms with Crippen LogP contribution < -0.4 is 4.72 Å². The van der Waals surface area contributed by atoms with Gasteiger partial charge in [0, 0.05) is 16.2 Å². The number of fused-ring (bicyclic) bond motifs is 1. The first-order chi connectivity index (χ1) is 18.2. The Hall–Kier alpha value is -3.17. The van der Waals surface area contributed by atoms with Crippen molar-refractivity contribution in [1.29, 1.82) is 0 Å². The summed E-state index contributed by atoms with van der Waals surface area (Å²) in [5.74, 6) is 1.17. The highest BCUT2D eigenvalue weighted by Crippen LogP contribution is 2.32. The van der Waals surface area contributed by atoms with Gasteiger partial charge in [0.2, 0.25) is 10.0 Å². The van der Waals surface area contributed by atoms with Crippen molar-refractivity contribution in [2.75, 3.05) is 0 Å². The summed E-state index contributed by atoms with van der Waals surface area (Å²) < 4.78 is 31.8. The zero-order valence-corrected chi connectivity index (χ0v) is 23.6. The van der Waals surface area contributed by atoms with Crippen LogP contribution in [0.4, 0.5) is 0 Å². The molecule has 1 heterocycles. The van der Waals surface area contributed by atoms with Gasteiger partial charge in [-0.1, -0.05) is 90.1 Å². The SMILES string of the molecule is Cc1ccccc1CSc1nnc(C(C)NS(=O)(=O)c2cccc3ccccc23)n1-c1cc(Cl)ccc1C. The molecule has 0 bridgehead atoms. The zero-order chi connectivity index (χ0) is 26.9. The normalized spacial score (nSPS) is 12.6. The first-order valence-electron chi connectivity index (χ1n) is 12.1. The van der Waals surface area contributed by atoms with E-state index >= 15 is 0 Å². The molecule has 6 nitrogen and oxygen atoms in total. The van der Waals surface area contributed by atoms with Gasteiger partial charge >= 0.3 is 0 Å². The number of benzene rings is 4. The van der Waals surface area contributed by atoms with Gasteiger partial charge in [-0.25, -0.2) is 13.1 Å². The van der Waals surface area contributed by atoms with Gasteiger partial charge < -0.3 is 0 Å². The molecule has 0 spiro atoms. The molecule has 4 aromatic carbocycles. The van der Waals surface area contributed by atoms with E-state index in [-0.39, 0.29) is 4.90 Å². The number of hydrogen-bond acceptors (Lipinski definition) is 5. The fourth-order valence-electron chi connectivity index (χ4n) is 4.40. The van der Waals surface area contributed by atoms with E-state index in [4.69, 9.17) is 11.6 Å². The smallest absolute Gasteiger partial charge is 0.241 e. The number of aromatic nitrogens is 3. The van der Waals surface area contributed by atoms with Gasteiger partial charge in [0.05, 0.1) is 16.6 Å². The Morgan fingerprint density at radius 2 is 1.66 bits per heavy atom. The third kappa shape index (κ3) is 5.35. The number of thioether (sulfide) groups is 1. The molecule has 0 fully saturated rings. The van der Waals surface area contributed by atoms with Crippen molar-refractivity contribution in [3.63, 3.8) is 0 Å². The largest absolute Gasteiger partial charge is 0.272 e. The number of sulfonamides is 1. The van der Waals surface area contributed by atoms with Crippen LogP contribution in [0.5, 0.6) is 0 Å². The number of nitrogens with one attached hydrogen (secondary N) is 1. The van der Waals surface area contributed by atoms with E-state index in [1.807, 2.05) is 72.2 Å². The van der Waals surface area contributed by atoms with E-state index in [9.17, 15) is 8.42 Å². The molecule has 0 amide bonds. The molecule has 1 atom stereocenters. The highest BCUT2D eigenvalue weighted by Gasteiger charge is 2.26. The van der Waals surface area contributed by atoms with Crippen LogP contribution in [0.1, 0.15) is 35.5 Å². The van der Waals surface area contributed by atoms with E-state index in [0.717, 1.165) is 16.6 Å². The zero-order valence-electron chi connectivity index (χ0n) is 21.2. The number of rotatable bonds is 8. The Kier molecular flexibility index (Phi) is 7.59. The minimum absolute atomic E-state index is 0.224. The summed E-state index contributed by atoms with van der Waals surface area (Å²) >= 11 is 7.93. The fourth-order valence-corrected chi connectivity index (χ4v) is 7.02. The van der Waals surface area contributed by atoms with Gasteiger partial charge in [-0.05, 0) is 61.0 Å². The summed E-state index contributed by atoms with van der Waals surface area (Å²) in [6.07, 6.45) is 0. The van der Waals surface area contributed by atoms with Crippen LogP contribution in [0.2, 0.25) is 5.02 Å². The van der Waals surface area contributed by atoms with Gasteiger partial charge in [0.15, 0.2) is 11.0 Å². The predicted molar refractivity (Wildman–Crippen MR) is 155 cm³/mol. The molecule has 194 valence electrons. The van der Waals surface area contributed by atoms with Crippen molar-refractivity contribution >= 4 is 44.2 Å². The summed E-state index contributed by atoms with van der Waals surface area (Å²) in [4.78, 5) is 0.224. The molecule has 0 saturated carbocycles. The molecule has 0 radical (unpaired) electrons. The Balaban J connectivity index is 1.53. The quantitative estimate of drug-likeness (QED) is 0.206. The molecule has 1 unspecified atom stereocenters. The minimum atomic E-state index is -3.87. The molecule has 9 heteroatoms. The average molecular weight is 563 g/mol. The lowest BCUT2D eigenvalue weighted by molar-refractivity contribution is 0.556. The van der Waals surface area contributed by atoms with E-state index in [1.54, 1.807) is 30.8 Å². The second-order valence-corrected chi connectivity index (χ2v) is 12.2. The predicted octanol–water partition coefficient (Wildman–Crippen LogP) is 7.02. The Morgan fingerprint density at radius 1 is 0.921 bits per heavy atom. The third-order valence-corrected chi connectivity index (χ3v) is 9.26. The summed E-state index contributed by atoms with van der Waals surface area (Å²) in [6.45, 7) is 5.84. The van der Waals surface area contributed by atoms with Gasteiger partial charge in [0.1, 0.15) is 0 Å². The molecular weight excluding hydrogens is 536 g/mol. The minimum Gasteiger partial charge on any atom is -0.272 e. The van der Waals surface area contributed by atoms with Gasteiger partial charge in [-0.15, -0.1) is 10.2 Å². The lowest BCUT2D eigenvalue weighted by Gasteiger charge is -2.18. The van der Waals surface area contributed by atoms with Crippen LogP contribution >= 0.6 is 23.4 Å². The molecule has 1 aromatic heterocycles. The molecular formula is C29H27ClN4O2S2. The van der Waals surface area contributed by atoms with Crippen molar-refractivity contribution in [3.05, 3.63) is 112 Å². The van der Waals surface area contributed by atoms with E-state index in [2.05, 4.69) is 34.0 Å². The Bertz CT molecular complexity index is 1730. The van der Waals surface area contributed by atoms with Crippen molar-refractivity contribution in [3.8, 4) is 5.69 Å². The summed E-state index contributed by atoms with van der Waals surface area (Å²) in [5, 5.41) is 11.7. The Morgan fingerprint density at radius 3 is 2.47 bits per heavy atom. The number of hydrogen-bond donors (Lipinski definition) is 1. The van der Waals surface area contributed by atoms with Gasteiger partial charge in [0.25, 0.3) is 0 Å². The van der Waals surface area contributed by atoms with Crippen LogP contribution in [0, 0.1) is 13.8 Å². The monoisotopic (exact) mass is 562 g/mol. The molecule has 5 aromatic rings. The Labute approximate surface area is 232 Å². The second kappa shape index (κ2) is 10.9. The van der Waals surface area contributed by atoms with Crippen molar-refractivity contribution in [1.82, 2.24) is 19.5 Å². The number of nitrogens with zero attached hydrogens (tertiary/aromatic N) is 3. The van der Waals surface area contributed by atoms with Gasteiger partial charge in [-0.2, -0.15) is 0 Å². The average Bonchev–Trinajstić information content (AvgIpc) is 3.33. The maximum atomic E-state index is 13.6. The molecule has 1 N–H and O–H groups in total. The van der Waals surface area contributed by atoms with Crippen LogP contribution in [-0.2, 0) is 15.8 Å². The lowest BCUT2D eigenvalue weighted by Crippen LogP contribution is -2.29. The third-order valence-electron chi connectivity index (χ3n) is 6.45.